The summed E-state index contributed by atoms with van der Waals surface area (Å²) in [7, 11) is 3.85. The third-order valence-corrected chi connectivity index (χ3v) is 7.36. The fraction of sp³-hybridized carbons (Fsp3) is 0.286. The van der Waals surface area contributed by atoms with Gasteiger partial charge in [0, 0.05) is 18.2 Å². The zero-order valence-corrected chi connectivity index (χ0v) is 31.8. The minimum absolute atomic E-state index is 0.0115. The van der Waals surface area contributed by atoms with Crippen LogP contribution < -0.4 is 14.2 Å². The lowest BCUT2D eigenvalue weighted by Gasteiger charge is -2.18. The van der Waals surface area contributed by atoms with Crippen LogP contribution in [-0.2, 0) is 57.2 Å². The van der Waals surface area contributed by atoms with Gasteiger partial charge in [0.15, 0.2) is 6.10 Å². The first-order valence-electron chi connectivity index (χ1n) is 17.5. The van der Waals surface area contributed by atoms with Crippen LogP contribution in [0.3, 0.4) is 0 Å². The van der Waals surface area contributed by atoms with Gasteiger partial charge in [0.25, 0.3) is 0 Å². The second-order valence-electron chi connectivity index (χ2n) is 11.5. The highest BCUT2D eigenvalue weighted by Crippen LogP contribution is 2.16. The summed E-state index contributed by atoms with van der Waals surface area (Å²) in [5.41, 5.74) is 2.22. The first kappa shape index (κ1) is 44.5. The molecule has 3 aromatic carbocycles. The van der Waals surface area contributed by atoms with E-state index in [9.17, 15) is 28.8 Å². The summed E-state index contributed by atoms with van der Waals surface area (Å²) >= 11 is 0. The molecule has 0 radical (unpaired) electrons. The van der Waals surface area contributed by atoms with E-state index < -0.39 is 55.1 Å². The maximum absolute atomic E-state index is 12.7. The zero-order valence-electron chi connectivity index (χ0n) is 31.8. The topological polar surface area (TPSA) is 185 Å². The molecule has 57 heavy (non-hydrogen) atoms. The molecular formula is C42H44O15. The third kappa shape index (κ3) is 18.8. The van der Waals surface area contributed by atoms with Crippen molar-refractivity contribution < 1.29 is 71.4 Å². The van der Waals surface area contributed by atoms with E-state index in [2.05, 4.69) is 14.2 Å². The number of hydrogen-bond donors (Lipinski definition) is 0. The normalized spacial score (nSPS) is 11.4. The molecule has 0 saturated heterocycles. The summed E-state index contributed by atoms with van der Waals surface area (Å²) in [6.45, 7) is -0.853. The summed E-state index contributed by atoms with van der Waals surface area (Å²) in [6.07, 6.45) is 7.05. The maximum atomic E-state index is 12.7. The van der Waals surface area contributed by atoms with Crippen molar-refractivity contribution in [2.75, 3.05) is 54.4 Å². The number of rotatable bonds is 23. The van der Waals surface area contributed by atoms with Crippen molar-refractivity contribution in [3.05, 3.63) is 108 Å². The number of esters is 6. The number of hydrogen-bond acceptors (Lipinski definition) is 15. The van der Waals surface area contributed by atoms with Crippen LogP contribution >= 0.6 is 0 Å². The number of benzene rings is 3. The molecule has 0 amide bonds. The molecular weight excluding hydrogens is 744 g/mol. The third-order valence-electron chi connectivity index (χ3n) is 7.36. The van der Waals surface area contributed by atoms with Gasteiger partial charge < -0.3 is 42.6 Å². The molecule has 0 heterocycles. The Morgan fingerprint density at radius 3 is 1.05 bits per heavy atom. The molecule has 0 saturated carbocycles. The number of methoxy groups -OCH3 is 3. The zero-order chi connectivity index (χ0) is 41.3. The highest BCUT2D eigenvalue weighted by atomic mass is 16.6. The molecule has 3 rings (SSSR count). The monoisotopic (exact) mass is 788 g/mol. The van der Waals surface area contributed by atoms with Crippen molar-refractivity contribution >= 4 is 54.0 Å². The minimum atomic E-state index is -1.12. The van der Waals surface area contributed by atoms with E-state index in [1.165, 1.54) is 39.6 Å². The van der Waals surface area contributed by atoms with Gasteiger partial charge in [-0.3, -0.25) is 14.4 Å². The Bertz CT molecular complexity index is 1750. The number of ether oxygens (including phenoxy) is 9. The van der Waals surface area contributed by atoms with E-state index in [1.807, 2.05) is 0 Å². The molecule has 0 bridgehead atoms. The van der Waals surface area contributed by atoms with Crippen LogP contribution in [-0.4, -0.2) is 96.3 Å². The molecule has 302 valence electrons. The highest BCUT2D eigenvalue weighted by molar-refractivity contribution is 5.88. The van der Waals surface area contributed by atoms with Gasteiger partial charge in [-0.1, -0.05) is 36.4 Å². The van der Waals surface area contributed by atoms with Crippen molar-refractivity contribution in [2.45, 2.75) is 25.4 Å². The Hall–Kier alpha value is -6.90. The van der Waals surface area contributed by atoms with E-state index in [-0.39, 0.29) is 39.1 Å². The van der Waals surface area contributed by atoms with Gasteiger partial charge in [0.05, 0.1) is 60.4 Å². The Morgan fingerprint density at radius 2 is 0.754 bits per heavy atom. The Labute approximate surface area is 329 Å². The van der Waals surface area contributed by atoms with Crippen molar-refractivity contribution in [1.82, 2.24) is 0 Å². The van der Waals surface area contributed by atoms with Crippen molar-refractivity contribution in [3.63, 3.8) is 0 Å². The second kappa shape index (κ2) is 25.2. The van der Waals surface area contributed by atoms with Crippen LogP contribution in [0.5, 0.6) is 17.2 Å². The smallest absolute Gasteiger partial charge is 0.330 e. The quantitative estimate of drug-likeness (QED) is 0.0714. The molecule has 3 aromatic rings. The predicted octanol–water partition coefficient (Wildman–Crippen LogP) is 4.95. The SMILES string of the molecule is COC(=O)C=Cc1ccc(OCCC(=O)OCC(COC(=O)CCOc2ccc(C=CC(=O)OC)cc2)OC(=O)CCOc2ccc(C=CC(=O)OC)cc2)cc1. The lowest BCUT2D eigenvalue weighted by Crippen LogP contribution is -2.31. The van der Waals surface area contributed by atoms with Crippen molar-refractivity contribution in [1.29, 1.82) is 0 Å². The van der Waals surface area contributed by atoms with Gasteiger partial charge in [0.2, 0.25) is 0 Å². The van der Waals surface area contributed by atoms with E-state index in [0.717, 1.165) is 16.7 Å². The van der Waals surface area contributed by atoms with Crippen molar-refractivity contribution in [3.8, 4) is 17.2 Å². The molecule has 15 nitrogen and oxygen atoms in total. The van der Waals surface area contributed by atoms with Gasteiger partial charge in [-0.25, -0.2) is 14.4 Å². The summed E-state index contributed by atoms with van der Waals surface area (Å²) < 4.78 is 46.6. The highest BCUT2D eigenvalue weighted by Gasteiger charge is 2.20. The summed E-state index contributed by atoms with van der Waals surface area (Å²) in [6, 6.07) is 20.3. The summed E-state index contributed by atoms with van der Waals surface area (Å²) in [4.78, 5) is 71.6. The summed E-state index contributed by atoms with van der Waals surface area (Å²) in [5, 5.41) is 0. The molecule has 0 aromatic heterocycles. The fourth-order valence-corrected chi connectivity index (χ4v) is 4.36. The van der Waals surface area contributed by atoms with Crippen LogP contribution in [0.2, 0.25) is 0 Å². The van der Waals surface area contributed by atoms with Crippen LogP contribution in [0.1, 0.15) is 36.0 Å². The molecule has 15 heteroatoms. The molecule has 0 spiro atoms. The average molecular weight is 789 g/mol. The molecule has 0 aliphatic rings. The second-order valence-corrected chi connectivity index (χ2v) is 11.5. The van der Waals surface area contributed by atoms with Gasteiger partial charge in [-0.05, 0) is 71.3 Å². The van der Waals surface area contributed by atoms with Crippen LogP contribution in [0, 0.1) is 0 Å². The Morgan fingerprint density at radius 1 is 0.456 bits per heavy atom. The molecule has 0 aliphatic carbocycles. The van der Waals surface area contributed by atoms with Crippen molar-refractivity contribution in [2.24, 2.45) is 0 Å². The Kier molecular flexibility index (Phi) is 19.7. The molecule has 0 unspecified atom stereocenters. The van der Waals surface area contributed by atoms with Gasteiger partial charge in [0.1, 0.15) is 30.5 Å². The van der Waals surface area contributed by atoms with Gasteiger partial charge >= 0.3 is 35.8 Å². The predicted molar refractivity (Wildman–Crippen MR) is 205 cm³/mol. The lowest BCUT2D eigenvalue weighted by atomic mass is 10.2. The van der Waals surface area contributed by atoms with Crippen LogP contribution in [0.25, 0.3) is 18.2 Å². The lowest BCUT2D eigenvalue weighted by molar-refractivity contribution is -0.167. The first-order chi connectivity index (χ1) is 27.6. The average Bonchev–Trinajstić information content (AvgIpc) is 3.23. The minimum Gasteiger partial charge on any atom is -0.493 e. The van der Waals surface area contributed by atoms with Crippen LogP contribution in [0.4, 0.5) is 0 Å². The fourth-order valence-electron chi connectivity index (χ4n) is 4.36. The number of carbonyl (C=O) groups is 6. The number of carbonyl (C=O) groups excluding carboxylic acids is 6. The van der Waals surface area contributed by atoms with Gasteiger partial charge in [-0.15, -0.1) is 0 Å². The van der Waals surface area contributed by atoms with E-state index in [0.29, 0.717) is 17.2 Å². The maximum Gasteiger partial charge on any atom is 0.330 e. The molecule has 0 aliphatic heterocycles. The Balaban J connectivity index is 1.48. The van der Waals surface area contributed by atoms with E-state index in [4.69, 9.17) is 28.4 Å². The molecule has 0 atom stereocenters. The standard InChI is InChI=1S/C42H44O15/c1-49-37(43)19-10-30-4-13-33(14-5-30)52-25-22-40(46)55-28-36(57-42(48)24-27-54-35-17-8-32(9-18-35)12-21-39(45)51-3)29-56-41(47)23-26-53-34-15-6-31(7-16-34)11-20-38(44)50-2/h4-21,36H,22-29H2,1-3H3. The first-order valence-corrected chi connectivity index (χ1v) is 17.5. The van der Waals surface area contributed by atoms with Crippen LogP contribution in [0.15, 0.2) is 91.0 Å². The largest absolute Gasteiger partial charge is 0.493 e. The summed E-state index contributed by atoms with van der Waals surface area (Å²) in [5.74, 6) is -1.99. The van der Waals surface area contributed by atoms with E-state index in [1.54, 1.807) is 91.0 Å². The molecule has 0 N–H and O–H groups in total. The van der Waals surface area contributed by atoms with E-state index >= 15 is 0 Å². The van der Waals surface area contributed by atoms with Gasteiger partial charge in [-0.2, -0.15) is 0 Å². The molecule has 0 fully saturated rings.